The summed E-state index contributed by atoms with van der Waals surface area (Å²) < 4.78 is 0. The van der Waals surface area contributed by atoms with E-state index in [4.69, 9.17) is 0 Å². The van der Waals surface area contributed by atoms with Gasteiger partial charge in [-0.2, -0.15) is 0 Å². The topological polar surface area (TPSA) is 17.1 Å². The van der Waals surface area contributed by atoms with Gasteiger partial charge in [-0.3, -0.25) is 4.79 Å². The smallest absolute Gasteiger partial charge is 0.164 e. The second-order valence-corrected chi connectivity index (χ2v) is 5.56. The second-order valence-electron chi connectivity index (χ2n) is 5.56. The van der Waals surface area contributed by atoms with E-state index >= 15 is 0 Å². The van der Waals surface area contributed by atoms with Crippen molar-refractivity contribution in [2.24, 2.45) is 10.8 Å². The summed E-state index contributed by atoms with van der Waals surface area (Å²) in [5.41, 5.74) is 0.659. The van der Waals surface area contributed by atoms with Crippen LogP contribution in [0, 0.1) is 10.8 Å². The second kappa shape index (κ2) is 4.96. The molecule has 0 saturated carbocycles. The van der Waals surface area contributed by atoms with Gasteiger partial charge in [0.05, 0.1) is 0 Å². The third-order valence-electron chi connectivity index (χ3n) is 3.93. The molecule has 0 aromatic carbocycles. The predicted molar refractivity (Wildman–Crippen MR) is 66.9 cm³/mol. The van der Waals surface area contributed by atoms with Gasteiger partial charge in [0.25, 0.3) is 0 Å². The molecule has 0 aromatic heterocycles. The summed E-state index contributed by atoms with van der Waals surface area (Å²) in [6.07, 6.45) is 4.12. The first kappa shape index (κ1) is 14.4. The van der Waals surface area contributed by atoms with Crippen LogP contribution in [0.3, 0.4) is 0 Å². The van der Waals surface area contributed by atoms with E-state index < -0.39 is 0 Å². The minimum Gasteiger partial charge on any atom is -0.294 e. The summed E-state index contributed by atoms with van der Waals surface area (Å²) in [4.78, 5) is 12.2. The summed E-state index contributed by atoms with van der Waals surface area (Å²) in [6.45, 7) is 14.5. The number of Topliss-reactive ketones (excluding diaryl/α,β-unsaturated/α-hetero) is 1. The predicted octanol–water partition coefficient (Wildman–Crippen LogP) is 4.37. The standard InChI is InChI=1S/C14H26O/c1-8-10-13(4,5)14(6,7)12(15)11(3)9-2/h9H,8,10H2,1-7H3. The zero-order valence-corrected chi connectivity index (χ0v) is 11.4. The quantitative estimate of drug-likeness (QED) is 0.616. The van der Waals surface area contributed by atoms with Crippen molar-refractivity contribution in [1.82, 2.24) is 0 Å². The van der Waals surface area contributed by atoms with E-state index in [2.05, 4.69) is 34.6 Å². The van der Waals surface area contributed by atoms with Gasteiger partial charge in [-0.1, -0.05) is 47.1 Å². The lowest BCUT2D eigenvalue weighted by Gasteiger charge is -2.40. The van der Waals surface area contributed by atoms with Crippen LogP contribution < -0.4 is 0 Å². The Hall–Kier alpha value is -0.590. The molecule has 0 heterocycles. The van der Waals surface area contributed by atoms with E-state index in [1.807, 2.05) is 19.9 Å². The van der Waals surface area contributed by atoms with Gasteiger partial charge in [0.2, 0.25) is 0 Å². The fourth-order valence-electron chi connectivity index (χ4n) is 1.87. The normalized spacial score (nSPS) is 14.2. The summed E-state index contributed by atoms with van der Waals surface area (Å²) in [6, 6.07) is 0. The van der Waals surface area contributed by atoms with Crippen LogP contribution in [0.2, 0.25) is 0 Å². The molecule has 1 heteroatoms. The van der Waals surface area contributed by atoms with Crippen LogP contribution in [-0.4, -0.2) is 5.78 Å². The van der Waals surface area contributed by atoms with Crippen LogP contribution in [-0.2, 0) is 4.79 Å². The molecular weight excluding hydrogens is 184 g/mol. The van der Waals surface area contributed by atoms with E-state index in [1.54, 1.807) is 0 Å². The van der Waals surface area contributed by atoms with Gasteiger partial charge >= 0.3 is 0 Å². The van der Waals surface area contributed by atoms with Crippen LogP contribution >= 0.6 is 0 Å². The summed E-state index contributed by atoms with van der Waals surface area (Å²) in [7, 11) is 0. The van der Waals surface area contributed by atoms with Gasteiger partial charge in [-0.05, 0) is 31.3 Å². The SMILES string of the molecule is CC=C(C)C(=O)C(C)(C)C(C)(C)CCC. The molecule has 0 unspecified atom stereocenters. The molecular formula is C14H26O. The summed E-state index contributed by atoms with van der Waals surface area (Å²) >= 11 is 0. The number of carbonyl (C=O) groups is 1. The Morgan fingerprint density at radius 2 is 1.67 bits per heavy atom. The third-order valence-corrected chi connectivity index (χ3v) is 3.93. The molecule has 0 atom stereocenters. The highest BCUT2D eigenvalue weighted by molar-refractivity contribution is 5.99. The van der Waals surface area contributed by atoms with Crippen LogP contribution in [0.1, 0.15) is 61.3 Å². The fourth-order valence-corrected chi connectivity index (χ4v) is 1.87. The number of ketones is 1. The molecule has 0 aliphatic heterocycles. The van der Waals surface area contributed by atoms with E-state index in [9.17, 15) is 4.79 Å². The van der Waals surface area contributed by atoms with Crippen molar-refractivity contribution in [1.29, 1.82) is 0 Å². The van der Waals surface area contributed by atoms with Gasteiger partial charge in [0, 0.05) is 5.41 Å². The largest absolute Gasteiger partial charge is 0.294 e. The molecule has 0 bridgehead atoms. The Balaban J connectivity index is 5.04. The Morgan fingerprint density at radius 1 is 1.20 bits per heavy atom. The lowest BCUT2D eigenvalue weighted by atomic mass is 9.62. The molecule has 0 aromatic rings. The van der Waals surface area contributed by atoms with Crippen LogP contribution in [0.5, 0.6) is 0 Å². The van der Waals surface area contributed by atoms with Crippen molar-refractivity contribution in [2.75, 3.05) is 0 Å². The van der Waals surface area contributed by atoms with E-state index in [0.717, 1.165) is 18.4 Å². The highest BCUT2D eigenvalue weighted by Gasteiger charge is 2.42. The van der Waals surface area contributed by atoms with Crippen molar-refractivity contribution >= 4 is 5.78 Å². The van der Waals surface area contributed by atoms with E-state index in [0.29, 0.717) is 0 Å². The lowest BCUT2D eigenvalue weighted by Crippen LogP contribution is -2.40. The number of carbonyl (C=O) groups excluding carboxylic acids is 1. The molecule has 0 N–H and O–H groups in total. The van der Waals surface area contributed by atoms with Crippen molar-refractivity contribution in [2.45, 2.75) is 61.3 Å². The minimum atomic E-state index is -0.278. The summed E-state index contributed by atoms with van der Waals surface area (Å²) in [5.74, 6) is 0.281. The summed E-state index contributed by atoms with van der Waals surface area (Å²) in [5, 5.41) is 0. The number of rotatable bonds is 5. The zero-order valence-electron chi connectivity index (χ0n) is 11.4. The first-order chi connectivity index (χ1) is 6.70. The Labute approximate surface area is 95.0 Å². The highest BCUT2D eigenvalue weighted by Crippen LogP contribution is 2.44. The lowest BCUT2D eigenvalue weighted by molar-refractivity contribution is -0.129. The molecule has 0 spiro atoms. The fraction of sp³-hybridized carbons (Fsp3) is 0.786. The maximum Gasteiger partial charge on any atom is 0.164 e. The van der Waals surface area contributed by atoms with Gasteiger partial charge in [0.15, 0.2) is 5.78 Å². The Kier molecular flexibility index (Phi) is 4.76. The molecule has 0 aliphatic rings. The van der Waals surface area contributed by atoms with Gasteiger partial charge in [0.1, 0.15) is 0 Å². The third kappa shape index (κ3) is 2.93. The Bertz CT molecular complexity index is 257. The van der Waals surface area contributed by atoms with Crippen LogP contribution in [0.4, 0.5) is 0 Å². The molecule has 0 saturated heterocycles. The molecule has 88 valence electrons. The van der Waals surface area contributed by atoms with Crippen molar-refractivity contribution in [3.8, 4) is 0 Å². The van der Waals surface area contributed by atoms with Gasteiger partial charge in [-0.25, -0.2) is 0 Å². The van der Waals surface area contributed by atoms with Crippen molar-refractivity contribution < 1.29 is 4.79 Å². The van der Waals surface area contributed by atoms with Gasteiger partial charge in [-0.15, -0.1) is 0 Å². The maximum absolute atomic E-state index is 12.2. The highest BCUT2D eigenvalue weighted by atomic mass is 16.1. The Morgan fingerprint density at radius 3 is 2.00 bits per heavy atom. The molecule has 0 radical (unpaired) electrons. The number of hydrogen-bond donors (Lipinski definition) is 0. The molecule has 0 rings (SSSR count). The molecule has 0 fully saturated rings. The van der Waals surface area contributed by atoms with Crippen LogP contribution in [0.25, 0.3) is 0 Å². The number of hydrogen-bond acceptors (Lipinski definition) is 1. The van der Waals surface area contributed by atoms with E-state index in [1.165, 1.54) is 0 Å². The monoisotopic (exact) mass is 210 g/mol. The average molecular weight is 210 g/mol. The van der Waals surface area contributed by atoms with Crippen molar-refractivity contribution in [3.05, 3.63) is 11.6 Å². The molecule has 0 amide bonds. The molecule has 1 nitrogen and oxygen atoms in total. The van der Waals surface area contributed by atoms with Gasteiger partial charge < -0.3 is 0 Å². The van der Waals surface area contributed by atoms with E-state index in [-0.39, 0.29) is 16.6 Å². The average Bonchev–Trinajstić information content (AvgIpc) is 2.15. The zero-order chi connectivity index (χ0) is 12.3. The first-order valence-corrected chi connectivity index (χ1v) is 5.88. The van der Waals surface area contributed by atoms with Crippen molar-refractivity contribution in [3.63, 3.8) is 0 Å². The molecule has 0 aliphatic carbocycles. The minimum absolute atomic E-state index is 0.0586. The maximum atomic E-state index is 12.2. The number of allylic oxidation sites excluding steroid dienone is 2. The molecule has 15 heavy (non-hydrogen) atoms. The first-order valence-electron chi connectivity index (χ1n) is 5.88. The van der Waals surface area contributed by atoms with Crippen LogP contribution in [0.15, 0.2) is 11.6 Å².